The molecule has 1 aliphatic carbocycles. The predicted octanol–water partition coefficient (Wildman–Crippen LogP) is 2.45. The number of carbonyl (C=O) groups excluding carboxylic acids is 1. The second-order valence-electron chi connectivity index (χ2n) is 6.96. The van der Waals surface area contributed by atoms with Gasteiger partial charge in [0, 0.05) is 30.2 Å². The fourth-order valence-electron chi connectivity index (χ4n) is 3.21. The van der Waals surface area contributed by atoms with Crippen molar-refractivity contribution >= 4 is 22.5 Å². The van der Waals surface area contributed by atoms with Gasteiger partial charge in [-0.3, -0.25) is 14.4 Å². The number of pyridine rings is 1. The van der Waals surface area contributed by atoms with E-state index < -0.39 is 0 Å². The van der Waals surface area contributed by atoms with Crippen molar-refractivity contribution in [3.63, 3.8) is 0 Å². The molecule has 26 heavy (non-hydrogen) atoms. The largest absolute Gasteiger partial charge is 0.310 e. The molecule has 0 atom stereocenters. The molecule has 0 saturated heterocycles. The Hall–Kier alpha value is -2.80. The minimum absolute atomic E-state index is 0.0312. The molecule has 0 unspecified atom stereocenters. The van der Waals surface area contributed by atoms with Gasteiger partial charge in [0.15, 0.2) is 0 Å². The molecule has 1 N–H and O–H groups in total. The molecule has 1 fully saturated rings. The highest BCUT2D eigenvalue weighted by molar-refractivity contribution is 5.94. The number of hydrogen-bond donors (Lipinski definition) is 1. The van der Waals surface area contributed by atoms with Crippen LogP contribution in [0.4, 0.5) is 5.82 Å². The van der Waals surface area contributed by atoms with Crippen LogP contribution >= 0.6 is 0 Å². The Morgan fingerprint density at radius 1 is 1.31 bits per heavy atom. The van der Waals surface area contributed by atoms with E-state index in [0.29, 0.717) is 18.4 Å². The summed E-state index contributed by atoms with van der Waals surface area (Å²) in [6, 6.07) is 8.48. The SMILES string of the molecule is CN(CC(=O)Nc1cc2cc(-c3cn(C)nn3)ccc2cn1)C1CCC1. The highest BCUT2D eigenvalue weighted by Crippen LogP contribution is 2.25. The van der Waals surface area contributed by atoms with Crippen LogP contribution in [-0.4, -0.2) is 50.4 Å². The number of nitrogens with zero attached hydrogens (tertiary/aromatic N) is 5. The van der Waals surface area contributed by atoms with Gasteiger partial charge >= 0.3 is 0 Å². The number of carbonyl (C=O) groups is 1. The summed E-state index contributed by atoms with van der Waals surface area (Å²) < 4.78 is 1.68. The molecule has 134 valence electrons. The molecule has 3 aromatic rings. The highest BCUT2D eigenvalue weighted by atomic mass is 16.2. The van der Waals surface area contributed by atoms with Crippen molar-refractivity contribution in [1.29, 1.82) is 0 Å². The zero-order valence-corrected chi connectivity index (χ0v) is 15.0. The number of benzene rings is 1. The molecule has 0 aliphatic heterocycles. The van der Waals surface area contributed by atoms with Crippen LogP contribution in [0.5, 0.6) is 0 Å². The average molecular weight is 350 g/mol. The molecule has 7 nitrogen and oxygen atoms in total. The average Bonchev–Trinajstić information content (AvgIpc) is 2.98. The smallest absolute Gasteiger partial charge is 0.239 e. The molecule has 1 amide bonds. The second-order valence-corrected chi connectivity index (χ2v) is 6.96. The van der Waals surface area contributed by atoms with E-state index in [1.807, 2.05) is 44.6 Å². The van der Waals surface area contributed by atoms with Crippen LogP contribution in [0.2, 0.25) is 0 Å². The van der Waals surface area contributed by atoms with Crippen molar-refractivity contribution in [3.8, 4) is 11.3 Å². The summed E-state index contributed by atoms with van der Waals surface area (Å²) in [4.78, 5) is 18.8. The first-order chi connectivity index (χ1) is 12.6. The number of hydrogen-bond acceptors (Lipinski definition) is 5. The normalized spacial score (nSPS) is 14.6. The van der Waals surface area contributed by atoms with Gasteiger partial charge < -0.3 is 5.32 Å². The zero-order valence-electron chi connectivity index (χ0n) is 15.0. The molecule has 0 radical (unpaired) electrons. The van der Waals surface area contributed by atoms with E-state index >= 15 is 0 Å². The van der Waals surface area contributed by atoms with Crippen LogP contribution in [0, 0.1) is 0 Å². The Morgan fingerprint density at radius 2 is 2.15 bits per heavy atom. The number of aryl methyl sites for hydroxylation is 1. The highest BCUT2D eigenvalue weighted by Gasteiger charge is 2.23. The van der Waals surface area contributed by atoms with Crippen molar-refractivity contribution in [2.75, 3.05) is 18.9 Å². The standard InChI is InChI=1S/C19H22N6O/c1-24(16-4-3-5-16)12-19(26)21-18-9-15-8-13(6-7-14(15)10-20-18)17-11-25(2)23-22-17/h6-11,16H,3-5,12H2,1-2H3,(H,20,21,26). The third kappa shape index (κ3) is 3.43. The van der Waals surface area contributed by atoms with Crippen molar-refractivity contribution in [2.24, 2.45) is 7.05 Å². The van der Waals surface area contributed by atoms with E-state index in [9.17, 15) is 4.79 Å². The van der Waals surface area contributed by atoms with E-state index in [1.54, 1.807) is 10.9 Å². The third-order valence-electron chi connectivity index (χ3n) is 4.98. The zero-order chi connectivity index (χ0) is 18.1. The van der Waals surface area contributed by atoms with Gasteiger partial charge in [-0.25, -0.2) is 4.98 Å². The van der Waals surface area contributed by atoms with Gasteiger partial charge in [0.25, 0.3) is 0 Å². The van der Waals surface area contributed by atoms with Gasteiger partial charge in [0.1, 0.15) is 11.5 Å². The Kier molecular flexibility index (Phi) is 4.38. The van der Waals surface area contributed by atoms with Crippen LogP contribution in [0.1, 0.15) is 19.3 Å². The molecule has 0 bridgehead atoms. The molecule has 2 heterocycles. The lowest BCUT2D eigenvalue weighted by Gasteiger charge is -2.34. The first-order valence-electron chi connectivity index (χ1n) is 8.85. The van der Waals surface area contributed by atoms with E-state index in [2.05, 4.69) is 25.5 Å². The van der Waals surface area contributed by atoms with E-state index in [0.717, 1.165) is 22.0 Å². The summed E-state index contributed by atoms with van der Waals surface area (Å²) in [6.45, 7) is 0.393. The summed E-state index contributed by atoms with van der Waals surface area (Å²) in [5.74, 6) is 0.539. The maximum Gasteiger partial charge on any atom is 0.239 e. The van der Waals surface area contributed by atoms with E-state index in [1.165, 1.54) is 19.3 Å². The Morgan fingerprint density at radius 3 is 2.85 bits per heavy atom. The van der Waals surface area contributed by atoms with Crippen molar-refractivity contribution in [2.45, 2.75) is 25.3 Å². The first-order valence-corrected chi connectivity index (χ1v) is 8.85. The lowest BCUT2D eigenvalue weighted by atomic mass is 9.92. The molecule has 2 aromatic heterocycles. The number of aromatic nitrogens is 4. The Bertz CT molecular complexity index is 946. The van der Waals surface area contributed by atoms with Crippen LogP contribution < -0.4 is 5.32 Å². The predicted molar refractivity (Wildman–Crippen MR) is 101 cm³/mol. The van der Waals surface area contributed by atoms with E-state index in [-0.39, 0.29) is 5.91 Å². The summed E-state index contributed by atoms with van der Waals surface area (Å²) >= 11 is 0. The van der Waals surface area contributed by atoms with Gasteiger partial charge in [-0.2, -0.15) is 0 Å². The molecular weight excluding hydrogens is 328 g/mol. The number of anilines is 1. The lowest BCUT2D eigenvalue weighted by molar-refractivity contribution is -0.117. The van der Waals surface area contributed by atoms with Gasteiger partial charge in [0.05, 0.1) is 12.7 Å². The summed E-state index contributed by atoms with van der Waals surface area (Å²) in [7, 11) is 3.85. The van der Waals surface area contributed by atoms with Crippen LogP contribution in [0.25, 0.3) is 22.0 Å². The van der Waals surface area contributed by atoms with Gasteiger partial charge in [-0.05, 0) is 37.4 Å². The minimum atomic E-state index is -0.0312. The molecule has 1 aliphatic rings. The summed E-state index contributed by atoms with van der Waals surface area (Å²) in [5.41, 5.74) is 1.80. The number of nitrogens with one attached hydrogen (secondary N) is 1. The molecule has 7 heteroatoms. The topological polar surface area (TPSA) is 75.9 Å². The first kappa shape index (κ1) is 16.7. The van der Waals surface area contributed by atoms with Crippen LogP contribution in [-0.2, 0) is 11.8 Å². The number of rotatable bonds is 5. The van der Waals surface area contributed by atoms with Crippen LogP contribution in [0.15, 0.2) is 36.7 Å². The quantitative estimate of drug-likeness (QED) is 0.765. The van der Waals surface area contributed by atoms with Crippen molar-refractivity contribution in [1.82, 2.24) is 24.9 Å². The van der Waals surface area contributed by atoms with Crippen molar-refractivity contribution in [3.05, 3.63) is 36.7 Å². The number of fused-ring (bicyclic) bond motifs is 1. The third-order valence-corrected chi connectivity index (χ3v) is 4.98. The van der Waals surface area contributed by atoms with Gasteiger partial charge in [-0.1, -0.05) is 23.8 Å². The van der Waals surface area contributed by atoms with Crippen LogP contribution in [0.3, 0.4) is 0 Å². The maximum absolute atomic E-state index is 12.3. The fourth-order valence-corrected chi connectivity index (χ4v) is 3.21. The summed E-state index contributed by atoms with van der Waals surface area (Å²) in [6.07, 6.45) is 7.28. The molecule has 0 spiro atoms. The van der Waals surface area contributed by atoms with E-state index in [4.69, 9.17) is 0 Å². The molecule has 4 rings (SSSR count). The Labute approximate surface area is 152 Å². The molecule has 1 aromatic carbocycles. The fraction of sp³-hybridized carbons (Fsp3) is 0.368. The van der Waals surface area contributed by atoms with Crippen molar-refractivity contribution < 1.29 is 4.79 Å². The second kappa shape index (κ2) is 6.84. The minimum Gasteiger partial charge on any atom is -0.310 e. The number of amides is 1. The summed E-state index contributed by atoms with van der Waals surface area (Å²) in [5, 5.41) is 13.1. The molecular formula is C19H22N6O. The number of likely N-dealkylation sites (N-methyl/N-ethyl adjacent to an activating group) is 1. The van der Waals surface area contributed by atoms with Gasteiger partial charge in [0.2, 0.25) is 5.91 Å². The maximum atomic E-state index is 12.3. The monoisotopic (exact) mass is 350 g/mol. The Balaban J connectivity index is 1.51. The molecule has 1 saturated carbocycles. The van der Waals surface area contributed by atoms with Gasteiger partial charge in [-0.15, -0.1) is 5.10 Å². The lowest BCUT2D eigenvalue weighted by Crippen LogP contribution is -2.41.